The summed E-state index contributed by atoms with van der Waals surface area (Å²) >= 11 is 6.38. The number of hydrogen-bond donors (Lipinski definition) is 1. The lowest BCUT2D eigenvalue weighted by atomic mass is 10.0. The molecule has 0 saturated carbocycles. The molecule has 19 heavy (non-hydrogen) atoms. The third kappa shape index (κ3) is 4.39. The third-order valence-corrected chi connectivity index (χ3v) is 4.38. The van der Waals surface area contributed by atoms with Crippen molar-refractivity contribution in [1.82, 2.24) is 0 Å². The second-order valence-electron chi connectivity index (χ2n) is 5.74. The van der Waals surface area contributed by atoms with Crippen LogP contribution >= 0.6 is 11.6 Å². The Labute approximate surface area is 122 Å². The Morgan fingerprint density at radius 3 is 2.37 bits per heavy atom. The Bertz CT molecular complexity index is 404. The fourth-order valence-electron chi connectivity index (χ4n) is 2.03. The molecule has 1 aromatic carbocycles. The van der Waals surface area contributed by atoms with E-state index in [-0.39, 0.29) is 6.04 Å². The van der Waals surface area contributed by atoms with Gasteiger partial charge in [0.25, 0.3) is 0 Å². The summed E-state index contributed by atoms with van der Waals surface area (Å²) in [6.07, 6.45) is 1.82. The zero-order chi connectivity index (χ0) is 14.6. The Balaban J connectivity index is 2.87. The average Bonchev–Trinajstić information content (AvgIpc) is 2.38. The number of nitrogens with two attached hydrogens (primary N) is 1. The molecular weight excluding hydrogens is 256 g/mol. The molecule has 2 unspecified atom stereocenters. The standard InChI is InChI=1S/C16H27ClN2/c1-6-14(18)9-13-7-8-15(10-16(13)17)19(5)12(4)11(2)3/h7-8,10-12,14H,6,9,18H2,1-5H3. The maximum absolute atomic E-state index is 6.38. The first-order valence-corrected chi connectivity index (χ1v) is 7.51. The van der Waals surface area contributed by atoms with Crippen LogP contribution in [0.15, 0.2) is 18.2 Å². The molecule has 0 saturated heterocycles. The predicted octanol–water partition coefficient (Wildman–Crippen LogP) is 4.10. The second-order valence-corrected chi connectivity index (χ2v) is 6.15. The Kier molecular flexibility index (Phi) is 6.15. The molecule has 0 amide bonds. The quantitative estimate of drug-likeness (QED) is 0.851. The van der Waals surface area contributed by atoms with Crippen molar-refractivity contribution in [2.24, 2.45) is 11.7 Å². The van der Waals surface area contributed by atoms with Crippen molar-refractivity contribution in [2.75, 3.05) is 11.9 Å². The normalized spacial score (nSPS) is 14.5. The molecule has 0 aliphatic carbocycles. The number of benzene rings is 1. The van der Waals surface area contributed by atoms with Crippen molar-refractivity contribution in [3.05, 3.63) is 28.8 Å². The molecule has 0 aliphatic rings. The van der Waals surface area contributed by atoms with Gasteiger partial charge in [0.1, 0.15) is 0 Å². The maximum Gasteiger partial charge on any atom is 0.0459 e. The smallest absolute Gasteiger partial charge is 0.0459 e. The van der Waals surface area contributed by atoms with Gasteiger partial charge in [-0.05, 0) is 43.4 Å². The number of hydrogen-bond acceptors (Lipinski definition) is 2. The summed E-state index contributed by atoms with van der Waals surface area (Å²) in [4.78, 5) is 2.28. The van der Waals surface area contributed by atoms with Crippen LogP contribution in [0, 0.1) is 5.92 Å². The molecule has 1 aromatic rings. The van der Waals surface area contributed by atoms with Gasteiger partial charge in [0.05, 0.1) is 0 Å². The third-order valence-electron chi connectivity index (χ3n) is 4.03. The van der Waals surface area contributed by atoms with Gasteiger partial charge < -0.3 is 10.6 Å². The summed E-state index contributed by atoms with van der Waals surface area (Å²) in [6, 6.07) is 6.98. The van der Waals surface area contributed by atoms with E-state index in [1.807, 2.05) is 0 Å². The molecule has 0 aliphatic heterocycles. The van der Waals surface area contributed by atoms with Crippen LogP contribution in [-0.4, -0.2) is 19.1 Å². The first-order chi connectivity index (χ1) is 8.86. The van der Waals surface area contributed by atoms with Gasteiger partial charge in [0, 0.05) is 29.8 Å². The van der Waals surface area contributed by atoms with E-state index < -0.39 is 0 Å². The molecule has 0 heterocycles. The van der Waals surface area contributed by atoms with Crippen molar-refractivity contribution in [2.45, 2.75) is 52.6 Å². The molecule has 0 fully saturated rings. The first kappa shape index (κ1) is 16.3. The SMILES string of the molecule is CCC(N)Cc1ccc(N(C)C(C)C(C)C)cc1Cl. The second kappa shape index (κ2) is 7.16. The van der Waals surface area contributed by atoms with Crippen molar-refractivity contribution in [3.63, 3.8) is 0 Å². The summed E-state index contributed by atoms with van der Waals surface area (Å²) < 4.78 is 0. The summed E-state index contributed by atoms with van der Waals surface area (Å²) in [6.45, 7) is 8.80. The summed E-state index contributed by atoms with van der Waals surface area (Å²) in [5.74, 6) is 0.608. The molecule has 3 heteroatoms. The van der Waals surface area contributed by atoms with Gasteiger partial charge >= 0.3 is 0 Å². The average molecular weight is 283 g/mol. The van der Waals surface area contributed by atoms with Crippen LogP contribution in [0.4, 0.5) is 5.69 Å². The molecule has 1 rings (SSSR count). The van der Waals surface area contributed by atoms with E-state index in [1.54, 1.807) is 0 Å². The topological polar surface area (TPSA) is 29.3 Å². The minimum atomic E-state index is 0.190. The van der Waals surface area contributed by atoms with Crippen molar-refractivity contribution in [3.8, 4) is 0 Å². The van der Waals surface area contributed by atoms with Crippen LogP contribution in [-0.2, 0) is 6.42 Å². The number of nitrogens with zero attached hydrogens (tertiary/aromatic N) is 1. The molecule has 2 nitrogen and oxygen atoms in total. The molecule has 2 atom stereocenters. The summed E-state index contributed by atoms with van der Waals surface area (Å²) in [5.41, 5.74) is 8.30. The van der Waals surface area contributed by atoms with Crippen LogP contribution in [0.25, 0.3) is 0 Å². The molecular formula is C16H27ClN2. The maximum atomic E-state index is 6.38. The lowest BCUT2D eigenvalue weighted by Gasteiger charge is -2.30. The van der Waals surface area contributed by atoms with Crippen molar-refractivity contribution in [1.29, 1.82) is 0 Å². The molecule has 0 spiro atoms. The lowest BCUT2D eigenvalue weighted by molar-refractivity contribution is 0.505. The Morgan fingerprint density at radius 1 is 1.26 bits per heavy atom. The zero-order valence-electron chi connectivity index (χ0n) is 12.8. The lowest BCUT2D eigenvalue weighted by Crippen LogP contribution is -2.33. The van der Waals surface area contributed by atoms with Gasteiger partial charge in [0.15, 0.2) is 0 Å². The summed E-state index contributed by atoms with van der Waals surface area (Å²) in [5, 5.41) is 0.823. The molecule has 108 valence electrons. The first-order valence-electron chi connectivity index (χ1n) is 7.13. The van der Waals surface area contributed by atoms with E-state index in [0.29, 0.717) is 12.0 Å². The number of halogens is 1. The van der Waals surface area contributed by atoms with Crippen LogP contribution < -0.4 is 10.6 Å². The molecule has 0 aromatic heterocycles. The largest absolute Gasteiger partial charge is 0.372 e. The molecule has 2 N–H and O–H groups in total. The number of rotatable bonds is 6. The van der Waals surface area contributed by atoms with E-state index in [9.17, 15) is 0 Å². The van der Waals surface area contributed by atoms with Gasteiger partial charge in [-0.2, -0.15) is 0 Å². The fraction of sp³-hybridized carbons (Fsp3) is 0.625. The van der Waals surface area contributed by atoms with Crippen molar-refractivity contribution >= 4 is 17.3 Å². The highest BCUT2D eigenvalue weighted by molar-refractivity contribution is 6.31. The van der Waals surface area contributed by atoms with E-state index in [2.05, 4.69) is 57.8 Å². The predicted molar refractivity (Wildman–Crippen MR) is 86.1 cm³/mol. The highest BCUT2D eigenvalue weighted by Crippen LogP contribution is 2.26. The zero-order valence-corrected chi connectivity index (χ0v) is 13.5. The van der Waals surface area contributed by atoms with Crippen LogP contribution in [0.2, 0.25) is 5.02 Å². The van der Waals surface area contributed by atoms with Gasteiger partial charge in [-0.25, -0.2) is 0 Å². The summed E-state index contributed by atoms with van der Waals surface area (Å²) in [7, 11) is 2.12. The minimum Gasteiger partial charge on any atom is -0.372 e. The monoisotopic (exact) mass is 282 g/mol. The van der Waals surface area contributed by atoms with Crippen LogP contribution in [0.3, 0.4) is 0 Å². The Hall–Kier alpha value is -0.730. The number of anilines is 1. The van der Waals surface area contributed by atoms with Crippen LogP contribution in [0.1, 0.15) is 39.7 Å². The van der Waals surface area contributed by atoms with E-state index >= 15 is 0 Å². The van der Waals surface area contributed by atoms with E-state index in [0.717, 1.165) is 23.4 Å². The van der Waals surface area contributed by atoms with E-state index in [4.69, 9.17) is 17.3 Å². The van der Waals surface area contributed by atoms with Gasteiger partial charge in [-0.15, -0.1) is 0 Å². The van der Waals surface area contributed by atoms with E-state index in [1.165, 1.54) is 5.69 Å². The fourth-order valence-corrected chi connectivity index (χ4v) is 2.28. The minimum absolute atomic E-state index is 0.190. The van der Waals surface area contributed by atoms with Gasteiger partial charge in [-0.3, -0.25) is 0 Å². The highest BCUT2D eigenvalue weighted by Gasteiger charge is 2.15. The molecule has 0 radical (unpaired) electrons. The van der Waals surface area contributed by atoms with Crippen molar-refractivity contribution < 1.29 is 0 Å². The van der Waals surface area contributed by atoms with Gasteiger partial charge in [-0.1, -0.05) is 38.4 Å². The highest BCUT2D eigenvalue weighted by atomic mass is 35.5. The van der Waals surface area contributed by atoms with Crippen LogP contribution in [0.5, 0.6) is 0 Å². The Morgan fingerprint density at radius 2 is 1.89 bits per heavy atom. The molecule has 0 bridgehead atoms. The van der Waals surface area contributed by atoms with Gasteiger partial charge in [0.2, 0.25) is 0 Å².